The van der Waals surface area contributed by atoms with Crippen LogP contribution in [0.15, 0.2) is 47.4 Å². The van der Waals surface area contributed by atoms with Gasteiger partial charge in [0, 0.05) is 0 Å². The second-order valence-corrected chi connectivity index (χ2v) is 5.75. The highest BCUT2D eigenvalue weighted by Crippen LogP contribution is 2.24. The Labute approximate surface area is 113 Å². The molecule has 0 spiro atoms. The van der Waals surface area contributed by atoms with E-state index in [-0.39, 0.29) is 15.6 Å². The first kappa shape index (κ1) is 13.8. The molecule has 7 heteroatoms. The molecule has 100 valence electrons. The zero-order valence-electron chi connectivity index (χ0n) is 9.40. The maximum Gasteiger partial charge on any atom is 0.261 e. The average molecular weight is 304 g/mol. The third-order valence-corrected chi connectivity index (χ3v) is 3.99. The Morgan fingerprint density at radius 3 is 2.26 bits per heavy atom. The van der Waals surface area contributed by atoms with Crippen LogP contribution < -0.4 is 4.72 Å². The number of nitrogens with one attached hydrogen (secondary N) is 1. The van der Waals surface area contributed by atoms with Crippen LogP contribution in [0.3, 0.4) is 0 Å². The van der Waals surface area contributed by atoms with E-state index in [4.69, 9.17) is 11.6 Å². The lowest BCUT2D eigenvalue weighted by molar-refractivity contribution is 0.597. The van der Waals surface area contributed by atoms with Crippen molar-refractivity contribution >= 4 is 27.3 Å². The Morgan fingerprint density at radius 2 is 1.63 bits per heavy atom. The summed E-state index contributed by atoms with van der Waals surface area (Å²) in [7, 11) is -3.98. The average Bonchev–Trinajstić information content (AvgIpc) is 2.35. The fraction of sp³-hybridized carbons (Fsp3) is 0. The highest BCUT2D eigenvalue weighted by molar-refractivity contribution is 7.92. The maximum atomic E-state index is 13.6. The van der Waals surface area contributed by atoms with Crippen molar-refractivity contribution in [3.8, 4) is 0 Å². The van der Waals surface area contributed by atoms with Gasteiger partial charge in [0.2, 0.25) is 0 Å². The van der Waals surface area contributed by atoms with Crippen LogP contribution in [0, 0.1) is 11.6 Å². The van der Waals surface area contributed by atoms with E-state index in [1.54, 1.807) is 0 Å². The highest BCUT2D eigenvalue weighted by atomic mass is 35.5. The predicted molar refractivity (Wildman–Crippen MR) is 68.6 cm³/mol. The Balaban J connectivity index is 2.36. The summed E-state index contributed by atoms with van der Waals surface area (Å²) in [6, 6.07) is 8.12. The van der Waals surface area contributed by atoms with E-state index < -0.39 is 21.7 Å². The summed E-state index contributed by atoms with van der Waals surface area (Å²) in [6.07, 6.45) is 0. The molecule has 0 saturated carbocycles. The van der Waals surface area contributed by atoms with Gasteiger partial charge in [-0.1, -0.05) is 17.7 Å². The monoisotopic (exact) mass is 303 g/mol. The topological polar surface area (TPSA) is 46.2 Å². The zero-order chi connectivity index (χ0) is 14.0. The van der Waals surface area contributed by atoms with Gasteiger partial charge in [0.05, 0.1) is 15.6 Å². The maximum absolute atomic E-state index is 13.6. The molecule has 3 nitrogen and oxygen atoms in total. The van der Waals surface area contributed by atoms with Crippen molar-refractivity contribution in [1.82, 2.24) is 0 Å². The summed E-state index contributed by atoms with van der Waals surface area (Å²) in [5, 5.41) is -0.195. The third kappa shape index (κ3) is 3.02. The Kier molecular flexibility index (Phi) is 3.73. The van der Waals surface area contributed by atoms with Crippen LogP contribution in [0.2, 0.25) is 5.02 Å². The summed E-state index contributed by atoms with van der Waals surface area (Å²) in [6.45, 7) is 0. The molecule has 2 rings (SSSR count). The van der Waals surface area contributed by atoms with Gasteiger partial charge in [0.25, 0.3) is 10.0 Å². The van der Waals surface area contributed by atoms with E-state index in [9.17, 15) is 17.2 Å². The smallest absolute Gasteiger partial charge is 0.261 e. The number of hydrogen-bond acceptors (Lipinski definition) is 2. The zero-order valence-corrected chi connectivity index (χ0v) is 11.0. The molecule has 2 aromatic carbocycles. The minimum atomic E-state index is -3.98. The standard InChI is InChI=1S/C12H8ClF2NO2S/c13-10-2-1-3-11(12(10)15)16-19(17,18)9-6-4-8(14)5-7-9/h1-7,16H. The van der Waals surface area contributed by atoms with Crippen LogP contribution in [0.1, 0.15) is 0 Å². The fourth-order valence-electron chi connectivity index (χ4n) is 1.40. The van der Waals surface area contributed by atoms with E-state index in [0.717, 1.165) is 24.3 Å². The van der Waals surface area contributed by atoms with Crippen molar-refractivity contribution in [2.24, 2.45) is 0 Å². The number of anilines is 1. The number of halogens is 3. The normalized spacial score (nSPS) is 11.3. The van der Waals surface area contributed by atoms with Gasteiger partial charge in [-0.3, -0.25) is 4.72 Å². The van der Waals surface area contributed by atoms with E-state index >= 15 is 0 Å². The molecule has 0 heterocycles. The van der Waals surface area contributed by atoms with Crippen molar-refractivity contribution in [1.29, 1.82) is 0 Å². The van der Waals surface area contributed by atoms with Crippen LogP contribution >= 0.6 is 11.6 Å². The van der Waals surface area contributed by atoms with Crippen LogP contribution in [-0.2, 0) is 10.0 Å². The third-order valence-electron chi connectivity index (χ3n) is 2.32. The quantitative estimate of drug-likeness (QED) is 0.944. The summed E-state index contributed by atoms with van der Waals surface area (Å²) in [5.41, 5.74) is -0.267. The van der Waals surface area contributed by atoms with Gasteiger partial charge in [0.1, 0.15) is 5.82 Å². The fourth-order valence-corrected chi connectivity index (χ4v) is 2.63. The molecule has 1 N–H and O–H groups in total. The summed E-state index contributed by atoms with van der Waals surface area (Å²) in [4.78, 5) is -0.173. The minimum absolute atomic E-state index is 0.173. The predicted octanol–water partition coefficient (Wildman–Crippen LogP) is 3.42. The van der Waals surface area contributed by atoms with Gasteiger partial charge in [-0.2, -0.15) is 0 Å². The number of benzene rings is 2. The van der Waals surface area contributed by atoms with Gasteiger partial charge in [0.15, 0.2) is 5.82 Å². The van der Waals surface area contributed by atoms with Crippen LogP contribution in [0.4, 0.5) is 14.5 Å². The molecular formula is C12H8ClF2NO2S. The largest absolute Gasteiger partial charge is 0.277 e. The number of hydrogen-bond donors (Lipinski definition) is 1. The molecule has 0 radical (unpaired) electrons. The summed E-state index contributed by atoms with van der Waals surface area (Å²) in [5.74, 6) is -1.43. The van der Waals surface area contributed by atoms with E-state index in [1.807, 2.05) is 0 Å². The lowest BCUT2D eigenvalue weighted by atomic mass is 10.3. The summed E-state index contributed by atoms with van der Waals surface area (Å²) < 4.78 is 52.2. The number of sulfonamides is 1. The molecule has 0 saturated heterocycles. The van der Waals surface area contributed by atoms with Crippen molar-refractivity contribution in [3.63, 3.8) is 0 Å². The molecule has 0 fully saturated rings. The first-order valence-electron chi connectivity index (χ1n) is 5.12. The van der Waals surface area contributed by atoms with Crippen molar-refractivity contribution in [2.45, 2.75) is 4.90 Å². The lowest BCUT2D eigenvalue weighted by Gasteiger charge is -2.09. The number of rotatable bonds is 3. The first-order chi connectivity index (χ1) is 8.90. The summed E-state index contributed by atoms with van der Waals surface area (Å²) >= 11 is 5.55. The Morgan fingerprint density at radius 1 is 1.00 bits per heavy atom. The van der Waals surface area contributed by atoms with Crippen molar-refractivity contribution in [3.05, 3.63) is 59.1 Å². The molecule has 0 aliphatic rings. The van der Waals surface area contributed by atoms with Crippen LogP contribution in [0.25, 0.3) is 0 Å². The first-order valence-corrected chi connectivity index (χ1v) is 6.99. The minimum Gasteiger partial charge on any atom is -0.277 e. The van der Waals surface area contributed by atoms with E-state index in [1.165, 1.54) is 18.2 Å². The van der Waals surface area contributed by atoms with Crippen molar-refractivity contribution in [2.75, 3.05) is 4.72 Å². The molecule has 2 aromatic rings. The lowest BCUT2D eigenvalue weighted by Crippen LogP contribution is -2.14. The molecule has 19 heavy (non-hydrogen) atoms. The van der Waals surface area contributed by atoms with Crippen LogP contribution in [0.5, 0.6) is 0 Å². The van der Waals surface area contributed by atoms with Crippen LogP contribution in [-0.4, -0.2) is 8.42 Å². The Bertz CT molecular complexity index is 702. The molecular weight excluding hydrogens is 296 g/mol. The van der Waals surface area contributed by atoms with Gasteiger partial charge >= 0.3 is 0 Å². The highest BCUT2D eigenvalue weighted by Gasteiger charge is 2.17. The van der Waals surface area contributed by atoms with E-state index in [0.29, 0.717) is 0 Å². The molecule has 0 unspecified atom stereocenters. The van der Waals surface area contributed by atoms with E-state index in [2.05, 4.69) is 4.72 Å². The van der Waals surface area contributed by atoms with Gasteiger partial charge in [-0.15, -0.1) is 0 Å². The van der Waals surface area contributed by atoms with Crippen molar-refractivity contribution < 1.29 is 17.2 Å². The Hall–Kier alpha value is -1.66. The molecule has 0 aromatic heterocycles. The van der Waals surface area contributed by atoms with Gasteiger partial charge in [-0.25, -0.2) is 17.2 Å². The van der Waals surface area contributed by atoms with Gasteiger partial charge in [-0.05, 0) is 36.4 Å². The SMILES string of the molecule is O=S(=O)(Nc1cccc(Cl)c1F)c1ccc(F)cc1. The molecule has 0 amide bonds. The molecule has 0 atom stereocenters. The molecule has 0 aliphatic heterocycles. The second kappa shape index (κ2) is 5.14. The molecule has 0 aliphatic carbocycles. The second-order valence-electron chi connectivity index (χ2n) is 3.66. The van der Waals surface area contributed by atoms with Gasteiger partial charge < -0.3 is 0 Å². The molecule has 0 bridgehead atoms.